The highest BCUT2D eigenvalue weighted by molar-refractivity contribution is 5.59. The molecule has 1 saturated heterocycles. The van der Waals surface area contributed by atoms with Crippen LogP contribution in [0.2, 0.25) is 0 Å². The van der Waals surface area contributed by atoms with E-state index in [1.807, 2.05) is 24.3 Å². The van der Waals surface area contributed by atoms with Gasteiger partial charge in [0, 0.05) is 44.1 Å². The van der Waals surface area contributed by atoms with E-state index in [2.05, 4.69) is 30.0 Å². The van der Waals surface area contributed by atoms with Gasteiger partial charge < -0.3 is 9.80 Å². The van der Waals surface area contributed by atoms with Gasteiger partial charge in [0.2, 0.25) is 5.95 Å². The summed E-state index contributed by atoms with van der Waals surface area (Å²) < 4.78 is 13.3. The maximum Gasteiger partial charge on any atom is 0.225 e. The number of hydrogen-bond acceptors (Lipinski definition) is 6. The van der Waals surface area contributed by atoms with Gasteiger partial charge in [-0.05, 0) is 30.3 Å². The Labute approximate surface area is 145 Å². The van der Waals surface area contributed by atoms with Crippen LogP contribution in [0.25, 0.3) is 11.3 Å². The fourth-order valence-electron chi connectivity index (χ4n) is 2.89. The molecule has 1 aliphatic heterocycles. The van der Waals surface area contributed by atoms with E-state index in [4.69, 9.17) is 0 Å². The third-order valence-electron chi connectivity index (χ3n) is 4.21. The van der Waals surface area contributed by atoms with Crippen LogP contribution in [0.4, 0.5) is 16.2 Å². The SMILES string of the molecule is Fc1cccc(-c2ccc(N3CCN(c4ncccn4)CC3)nn2)c1. The molecule has 0 bridgehead atoms. The number of aromatic nitrogens is 4. The van der Waals surface area contributed by atoms with Crippen molar-refractivity contribution in [2.45, 2.75) is 0 Å². The molecule has 3 heterocycles. The van der Waals surface area contributed by atoms with Gasteiger partial charge in [0.1, 0.15) is 5.82 Å². The number of halogens is 1. The first kappa shape index (κ1) is 15.4. The van der Waals surface area contributed by atoms with Gasteiger partial charge in [-0.1, -0.05) is 12.1 Å². The summed E-state index contributed by atoms with van der Waals surface area (Å²) in [6.45, 7) is 3.31. The average molecular weight is 336 g/mol. The Hall–Kier alpha value is -3.09. The molecular weight excluding hydrogens is 319 g/mol. The molecule has 3 aromatic rings. The van der Waals surface area contributed by atoms with Crippen molar-refractivity contribution in [3.63, 3.8) is 0 Å². The lowest BCUT2D eigenvalue weighted by atomic mass is 10.1. The second kappa shape index (κ2) is 6.80. The first-order valence-corrected chi connectivity index (χ1v) is 8.16. The first-order chi connectivity index (χ1) is 12.3. The Kier molecular flexibility index (Phi) is 4.20. The van der Waals surface area contributed by atoms with Crippen molar-refractivity contribution in [1.29, 1.82) is 0 Å². The Morgan fingerprint density at radius 3 is 2.24 bits per heavy atom. The molecule has 0 N–H and O–H groups in total. The van der Waals surface area contributed by atoms with E-state index in [0.29, 0.717) is 5.69 Å². The van der Waals surface area contributed by atoms with E-state index in [0.717, 1.165) is 43.5 Å². The largest absolute Gasteiger partial charge is 0.352 e. The average Bonchev–Trinajstić information content (AvgIpc) is 2.69. The van der Waals surface area contributed by atoms with E-state index < -0.39 is 0 Å². The molecule has 1 aliphatic rings. The number of piperazine rings is 1. The van der Waals surface area contributed by atoms with Gasteiger partial charge in [0.25, 0.3) is 0 Å². The van der Waals surface area contributed by atoms with Crippen molar-refractivity contribution in [3.8, 4) is 11.3 Å². The van der Waals surface area contributed by atoms with Gasteiger partial charge in [-0.3, -0.25) is 0 Å². The van der Waals surface area contributed by atoms with Crippen LogP contribution >= 0.6 is 0 Å². The van der Waals surface area contributed by atoms with Gasteiger partial charge >= 0.3 is 0 Å². The molecule has 6 nitrogen and oxygen atoms in total. The minimum Gasteiger partial charge on any atom is -0.352 e. The van der Waals surface area contributed by atoms with Crippen molar-refractivity contribution in [3.05, 3.63) is 60.7 Å². The Morgan fingerprint density at radius 2 is 1.56 bits per heavy atom. The maximum atomic E-state index is 13.3. The second-order valence-corrected chi connectivity index (χ2v) is 5.81. The smallest absolute Gasteiger partial charge is 0.225 e. The molecule has 1 aromatic carbocycles. The molecule has 0 atom stereocenters. The van der Waals surface area contributed by atoms with Crippen molar-refractivity contribution in [1.82, 2.24) is 20.2 Å². The van der Waals surface area contributed by atoms with Crippen LogP contribution < -0.4 is 9.80 Å². The van der Waals surface area contributed by atoms with Gasteiger partial charge in [0.05, 0.1) is 5.69 Å². The van der Waals surface area contributed by atoms with Gasteiger partial charge in [0.15, 0.2) is 5.82 Å². The summed E-state index contributed by atoms with van der Waals surface area (Å²) >= 11 is 0. The zero-order chi connectivity index (χ0) is 17.1. The summed E-state index contributed by atoms with van der Waals surface area (Å²) in [4.78, 5) is 12.9. The van der Waals surface area contributed by atoms with E-state index in [9.17, 15) is 4.39 Å². The topological polar surface area (TPSA) is 58.0 Å². The van der Waals surface area contributed by atoms with Crippen LogP contribution in [-0.2, 0) is 0 Å². The third kappa shape index (κ3) is 3.40. The zero-order valence-corrected chi connectivity index (χ0v) is 13.6. The molecule has 1 fully saturated rings. The molecule has 25 heavy (non-hydrogen) atoms. The van der Waals surface area contributed by atoms with Crippen molar-refractivity contribution in [2.24, 2.45) is 0 Å². The normalized spacial score (nSPS) is 14.6. The van der Waals surface area contributed by atoms with Crippen LogP contribution in [0.3, 0.4) is 0 Å². The fraction of sp³-hybridized carbons (Fsp3) is 0.222. The lowest BCUT2D eigenvalue weighted by Crippen LogP contribution is -2.47. The number of benzene rings is 1. The quantitative estimate of drug-likeness (QED) is 0.732. The minimum atomic E-state index is -0.275. The lowest BCUT2D eigenvalue weighted by molar-refractivity contribution is 0.628. The van der Waals surface area contributed by atoms with Gasteiger partial charge in [-0.25, -0.2) is 14.4 Å². The number of hydrogen-bond donors (Lipinski definition) is 0. The molecule has 0 aliphatic carbocycles. The molecule has 126 valence electrons. The van der Waals surface area contributed by atoms with E-state index in [1.54, 1.807) is 18.5 Å². The molecule has 0 saturated carbocycles. The van der Waals surface area contributed by atoms with Crippen LogP contribution in [0.1, 0.15) is 0 Å². The Morgan fingerprint density at radius 1 is 0.800 bits per heavy atom. The summed E-state index contributed by atoms with van der Waals surface area (Å²) in [5.74, 6) is 1.31. The predicted octanol–water partition coefficient (Wildman–Crippen LogP) is 2.40. The van der Waals surface area contributed by atoms with Crippen molar-refractivity contribution >= 4 is 11.8 Å². The number of anilines is 2. The zero-order valence-electron chi connectivity index (χ0n) is 13.6. The summed E-state index contributed by atoms with van der Waals surface area (Å²) in [6.07, 6.45) is 3.51. The molecular formula is C18H17FN6. The summed E-state index contributed by atoms with van der Waals surface area (Å²) in [7, 11) is 0. The Balaban J connectivity index is 1.43. The second-order valence-electron chi connectivity index (χ2n) is 5.81. The minimum absolute atomic E-state index is 0.275. The monoisotopic (exact) mass is 336 g/mol. The first-order valence-electron chi connectivity index (χ1n) is 8.16. The highest BCUT2D eigenvalue weighted by Crippen LogP contribution is 2.20. The highest BCUT2D eigenvalue weighted by Gasteiger charge is 2.20. The van der Waals surface area contributed by atoms with Crippen LogP contribution in [0, 0.1) is 5.82 Å². The molecule has 7 heteroatoms. The van der Waals surface area contributed by atoms with E-state index in [1.165, 1.54) is 12.1 Å². The van der Waals surface area contributed by atoms with Crippen LogP contribution in [0.15, 0.2) is 54.9 Å². The molecule has 0 radical (unpaired) electrons. The number of nitrogens with zero attached hydrogens (tertiary/aromatic N) is 6. The van der Waals surface area contributed by atoms with E-state index in [-0.39, 0.29) is 5.82 Å². The standard InChI is InChI=1S/C18H17FN6/c19-15-4-1-3-14(13-15)16-5-6-17(23-22-16)24-9-11-25(12-10-24)18-20-7-2-8-21-18/h1-8,13H,9-12H2. The molecule has 0 spiro atoms. The van der Waals surface area contributed by atoms with Crippen LogP contribution in [0.5, 0.6) is 0 Å². The molecule has 2 aromatic heterocycles. The van der Waals surface area contributed by atoms with Gasteiger partial charge in [-0.2, -0.15) is 0 Å². The van der Waals surface area contributed by atoms with Crippen LogP contribution in [-0.4, -0.2) is 46.3 Å². The van der Waals surface area contributed by atoms with Crippen molar-refractivity contribution in [2.75, 3.05) is 36.0 Å². The third-order valence-corrected chi connectivity index (χ3v) is 4.21. The van der Waals surface area contributed by atoms with E-state index >= 15 is 0 Å². The lowest BCUT2D eigenvalue weighted by Gasteiger charge is -2.35. The van der Waals surface area contributed by atoms with Gasteiger partial charge in [-0.15, -0.1) is 10.2 Å². The summed E-state index contributed by atoms with van der Waals surface area (Å²) in [5, 5.41) is 8.56. The summed E-state index contributed by atoms with van der Waals surface area (Å²) in [6, 6.07) is 12.0. The highest BCUT2D eigenvalue weighted by atomic mass is 19.1. The predicted molar refractivity (Wildman–Crippen MR) is 93.9 cm³/mol. The Bertz CT molecular complexity index is 832. The molecule has 4 rings (SSSR count). The van der Waals surface area contributed by atoms with Crippen molar-refractivity contribution < 1.29 is 4.39 Å². The summed E-state index contributed by atoms with van der Waals surface area (Å²) in [5.41, 5.74) is 1.39. The number of rotatable bonds is 3. The maximum absolute atomic E-state index is 13.3. The molecule has 0 amide bonds. The molecule has 0 unspecified atom stereocenters. The fourth-order valence-corrected chi connectivity index (χ4v) is 2.89.